The van der Waals surface area contributed by atoms with Gasteiger partial charge < -0.3 is 4.98 Å². The number of hydrogen-bond donors (Lipinski definition) is 1. The van der Waals surface area contributed by atoms with Gasteiger partial charge in [-0.1, -0.05) is 68.1 Å². The van der Waals surface area contributed by atoms with E-state index >= 15 is 0 Å². The Balaban J connectivity index is 2.06. The Hall–Kier alpha value is -2.40. The van der Waals surface area contributed by atoms with Gasteiger partial charge in [-0.05, 0) is 29.2 Å². The molecule has 0 spiro atoms. The lowest BCUT2D eigenvalue weighted by Gasteiger charge is -2.14. The van der Waals surface area contributed by atoms with Crippen LogP contribution in [0.2, 0.25) is 0 Å². The molecule has 1 N–H and O–H groups in total. The number of carbonyl (C=O) groups excluding carboxylic acids is 1. The Kier molecular flexibility index (Phi) is 5.57. The Bertz CT molecular complexity index is 1000. The predicted molar refractivity (Wildman–Crippen MR) is 107 cm³/mol. The molecule has 1 heterocycles. The van der Waals surface area contributed by atoms with E-state index in [0.717, 1.165) is 11.3 Å². The fraction of sp³-hybridized carbons (Fsp3) is 0.286. The lowest BCUT2D eigenvalue weighted by atomic mass is 9.95. The van der Waals surface area contributed by atoms with E-state index in [1.54, 1.807) is 0 Å². The van der Waals surface area contributed by atoms with E-state index in [0.29, 0.717) is 22.9 Å². The van der Waals surface area contributed by atoms with Gasteiger partial charge in [0, 0.05) is 12.0 Å². The maximum atomic E-state index is 12.6. The highest BCUT2D eigenvalue weighted by Crippen LogP contribution is 2.24. The standard InChI is InChI=1S/C21H22N2O2S/c1-13(2)19-18(22-21(23-20(19)25)26-12-14(3)24)11-16-9-6-8-15-7-4-5-10-17(15)16/h4-10,13H,11-12H2,1-3H3,(H,22,23,25). The maximum Gasteiger partial charge on any atom is 0.255 e. The number of benzene rings is 2. The highest BCUT2D eigenvalue weighted by molar-refractivity contribution is 7.99. The molecule has 0 radical (unpaired) electrons. The van der Waals surface area contributed by atoms with Gasteiger partial charge in [0.2, 0.25) is 0 Å². The number of hydrogen-bond acceptors (Lipinski definition) is 4. The zero-order valence-corrected chi connectivity index (χ0v) is 16.0. The molecule has 0 fully saturated rings. The summed E-state index contributed by atoms with van der Waals surface area (Å²) in [7, 11) is 0. The van der Waals surface area contributed by atoms with Crippen LogP contribution in [0.25, 0.3) is 10.8 Å². The summed E-state index contributed by atoms with van der Waals surface area (Å²) in [5.41, 5.74) is 2.53. The first-order valence-corrected chi connectivity index (χ1v) is 9.66. The first kappa shape index (κ1) is 18.4. The number of nitrogens with zero attached hydrogens (tertiary/aromatic N) is 1. The molecule has 134 valence electrons. The molecular weight excluding hydrogens is 344 g/mol. The summed E-state index contributed by atoms with van der Waals surface area (Å²) in [4.78, 5) is 31.4. The number of nitrogens with one attached hydrogen (secondary N) is 1. The number of ketones is 1. The molecule has 0 aliphatic carbocycles. The van der Waals surface area contributed by atoms with Gasteiger partial charge >= 0.3 is 0 Å². The van der Waals surface area contributed by atoms with Crippen LogP contribution < -0.4 is 5.56 Å². The largest absolute Gasteiger partial charge is 0.301 e. The van der Waals surface area contributed by atoms with Crippen molar-refractivity contribution in [2.45, 2.75) is 38.3 Å². The molecule has 0 amide bonds. The van der Waals surface area contributed by atoms with Crippen LogP contribution in [0.15, 0.2) is 52.4 Å². The quantitative estimate of drug-likeness (QED) is 0.521. The SMILES string of the molecule is CC(=O)CSc1nc(Cc2cccc3ccccc23)c(C(C)C)c(=O)[nH]1. The number of carbonyl (C=O) groups is 1. The van der Waals surface area contributed by atoms with Crippen molar-refractivity contribution >= 4 is 28.3 Å². The molecule has 0 aliphatic heterocycles. The average molecular weight is 366 g/mol. The maximum absolute atomic E-state index is 12.6. The zero-order chi connectivity index (χ0) is 18.7. The molecule has 3 rings (SSSR count). The zero-order valence-electron chi connectivity index (χ0n) is 15.2. The Morgan fingerprint density at radius 3 is 2.62 bits per heavy atom. The van der Waals surface area contributed by atoms with Crippen LogP contribution in [0.5, 0.6) is 0 Å². The summed E-state index contributed by atoms with van der Waals surface area (Å²) < 4.78 is 0. The minimum absolute atomic E-state index is 0.0567. The molecule has 26 heavy (non-hydrogen) atoms. The van der Waals surface area contributed by atoms with E-state index < -0.39 is 0 Å². The average Bonchev–Trinajstić information content (AvgIpc) is 2.59. The van der Waals surface area contributed by atoms with Crippen molar-refractivity contribution in [1.82, 2.24) is 9.97 Å². The summed E-state index contributed by atoms with van der Waals surface area (Å²) in [5.74, 6) is 0.432. The highest BCUT2D eigenvalue weighted by Gasteiger charge is 2.16. The third-order valence-corrected chi connectivity index (χ3v) is 5.26. The van der Waals surface area contributed by atoms with E-state index in [-0.39, 0.29) is 17.3 Å². The van der Waals surface area contributed by atoms with Gasteiger partial charge in [-0.25, -0.2) is 4.98 Å². The van der Waals surface area contributed by atoms with Crippen LogP contribution in [-0.2, 0) is 11.2 Å². The van der Waals surface area contributed by atoms with Gasteiger partial charge in [0.15, 0.2) is 5.16 Å². The Morgan fingerprint density at radius 2 is 1.88 bits per heavy atom. The monoisotopic (exact) mass is 366 g/mol. The molecular formula is C21H22N2O2S. The normalized spacial score (nSPS) is 11.2. The summed E-state index contributed by atoms with van der Waals surface area (Å²) in [6, 6.07) is 14.4. The third kappa shape index (κ3) is 4.05. The van der Waals surface area contributed by atoms with Gasteiger partial charge in [0.1, 0.15) is 5.78 Å². The topological polar surface area (TPSA) is 62.8 Å². The van der Waals surface area contributed by atoms with E-state index in [1.807, 2.05) is 32.0 Å². The highest BCUT2D eigenvalue weighted by atomic mass is 32.2. The number of Topliss-reactive ketones (excluding diaryl/α,β-unsaturated/α-hetero) is 1. The smallest absolute Gasteiger partial charge is 0.255 e. The Labute approximate surface area is 157 Å². The molecule has 0 saturated carbocycles. The predicted octanol–water partition coefficient (Wildman–Crippen LogP) is 4.32. The fourth-order valence-electron chi connectivity index (χ4n) is 3.10. The second kappa shape index (κ2) is 7.87. The fourth-order valence-corrected chi connectivity index (χ4v) is 3.78. The van der Waals surface area contributed by atoms with Crippen molar-refractivity contribution in [3.8, 4) is 0 Å². The van der Waals surface area contributed by atoms with Gasteiger partial charge in [0.25, 0.3) is 5.56 Å². The molecule has 0 saturated heterocycles. The summed E-state index contributed by atoms with van der Waals surface area (Å²) in [5, 5.41) is 2.85. The van der Waals surface area contributed by atoms with Crippen LogP contribution in [0.3, 0.4) is 0 Å². The second-order valence-corrected chi connectivity index (χ2v) is 7.66. The van der Waals surface area contributed by atoms with Crippen molar-refractivity contribution in [3.63, 3.8) is 0 Å². The molecule has 0 bridgehead atoms. The third-order valence-electron chi connectivity index (χ3n) is 4.24. The van der Waals surface area contributed by atoms with Crippen LogP contribution in [-0.4, -0.2) is 21.5 Å². The molecule has 1 aromatic heterocycles. The summed E-state index contributed by atoms with van der Waals surface area (Å²) in [6.07, 6.45) is 0.590. The molecule has 0 unspecified atom stereocenters. The molecule has 0 atom stereocenters. The van der Waals surface area contributed by atoms with E-state index in [9.17, 15) is 9.59 Å². The van der Waals surface area contributed by atoms with Crippen LogP contribution in [0.4, 0.5) is 0 Å². The van der Waals surface area contributed by atoms with E-state index in [4.69, 9.17) is 0 Å². The lowest BCUT2D eigenvalue weighted by molar-refractivity contribution is -0.114. The summed E-state index contributed by atoms with van der Waals surface area (Å²) in [6.45, 7) is 5.53. The van der Waals surface area contributed by atoms with Gasteiger partial charge in [0.05, 0.1) is 11.4 Å². The molecule has 4 nitrogen and oxygen atoms in total. The van der Waals surface area contributed by atoms with Crippen molar-refractivity contribution in [2.75, 3.05) is 5.75 Å². The van der Waals surface area contributed by atoms with E-state index in [1.165, 1.54) is 29.5 Å². The van der Waals surface area contributed by atoms with E-state index in [2.05, 4.69) is 34.2 Å². The number of aromatic nitrogens is 2. The summed E-state index contributed by atoms with van der Waals surface area (Å²) >= 11 is 1.28. The van der Waals surface area contributed by atoms with Crippen molar-refractivity contribution in [2.24, 2.45) is 0 Å². The number of H-pyrrole nitrogens is 1. The molecule has 0 aliphatic rings. The second-order valence-electron chi connectivity index (χ2n) is 6.69. The van der Waals surface area contributed by atoms with Crippen LogP contribution >= 0.6 is 11.8 Å². The first-order chi connectivity index (χ1) is 12.5. The van der Waals surface area contributed by atoms with Gasteiger partial charge in [-0.2, -0.15) is 0 Å². The first-order valence-electron chi connectivity index (χ1n) is 8.67. The minimum Gasteiger partial charge on any atom is -0.301 e. The van der Waals surface area contributed by atoms with Crippen molar-refractivity contribution in [3.05, 3.63) is 69.6 Å². The number of thioether (sulfide) groups is 1. The number of aromatic amines is 1. The molecule has 5 heteroatoms. The van der Waals surface area contributed by atoms with Gasteiger partial charge in [-0.15, -0.1) is 0 Å². The van der Waals surface area contributed by atoms with Gasteiger partial charge in [-0.3, -0.25) is 9.59 Å². The van der Waals surface area contributed by atoms with Crippen molar-refractivity contribution in [1.29, 1.82) is 0 Å². The minimum atomic E-state index is -0.115. The lowest BCUT2D eigenvalue weighted by Crippen LogP contribution is -2.20. The molecule has 3 aromatic rings. The molecule has 2 aromatic carbocycles. The van der Waals surface area contributed by atoms with Crippen molar-refractivity contribution < 1.29 is 4.79 Å². The number of rotatable bonds is 6. The number of fused-ring (bicyclic) bond motifs is 1. The Morgan fingerprint density at radius 1 is 1.15 bits per heavy atom. The van der Waals surface area contributed by atoms with Crippen LogP contribution in [0.1, 0.15) is 43.5 Å². The van der Waals surface area contributed by atoms with Crippen LogP contribution in [0, 0.1) is 0 Å².